The molecule has 1 saturated heterocycles. The van der Waals surface area contributed by atoms with Crippen molar-refractivity contribution in [3.63, 3.8) is 0 Å². The van der Waals surface area contributed by atoms with E-state index in [0.717, 1.165) is 19.5 Å². The fourth-order valence-corrected chi connectivity index (χ4v) is 3.62. The molecule has 3 atom stereocenters. The summed E-state index contributed by atoms with van der Waals surface area (Å²) in [6.45, 7) is 9.13. The third-order valence-electron chi connectivity index (χ3n) is 3.92. The Morgan fingerprint density at radius 2 is 2.29 bits per heavy atom. The van der Waals surface area contributed by atoms with Gasteiger partial charge in [0.25, 0.3) is 0 Å². The average molecular weight is 252 g/mol. The summed E-state index contributed by atoms with van der Waals surface area (Å²) in [7, 11) is 0. The Balaban J connectivity index is 1.90. The molecule has 1 aromatic rings. The number of hydrogen-bond acceptors (Lipinski definition) is 3. The van der Waals surface area contributed by atoms with E-state index in [1.165, 1.54) is 16.2 Å². The van der Waals surface area contributed by atoms with Crippen LogP contribution in [0.3, 0.4) is 0 Å². The van der Waals surface area contributed by atoms with Gasteiger partial charge in [0.05, 0.1) is 0 Å². The number of rotatable bonds is 3. The first-order valence-corrected chi connectivity index (χ1v) is 7.43. The molecule has 1 aromatic heterocycles. The Bertz CT molecular complexity index is 361. The largest absolute Gasteiger partial charge is 0.327 e. The minimum Gasteiger partial charge on any atom is -0.327 e. The fourth-order valence-electron chi connectivity index (χ4n) is 2.61. The van der Waals surface area contributed by atoms with Crippen LogP contribution in [0.15, 0.2) is 12.1 Å². The molecule has 2 heterocycles. The molecule has 0 bridgehead atoms. The number of thiophene rings is 1. The summed E-state index contributed by atoms with van der Waals surface area (Å²) in [6, 6.07) is 5.54. The van der Waals surface area contributed by atoms with E-state index in [9.17, 15) is 0 Å². The number of piperidine rings is 1. The highest BCUT2D eigenvalue weighted by Gasteiger charge is 2.26. The molecule has 1 aliphatic rings. The van der Waals surface area contributed by atoms with Gasteiger partial charge in [-0.1, -0.05) is 6.92 Å². The SMILES string of the molecule is Cc1ccc(CC(C)N2CCC(N)C(C)C2)s1. The molecular weight excluding hydrogens is 228 g/mol. The lowest BCUT2D eigenvalue weighted by molar-refractivity contribution is 0.124. The minimum absolute atomic E-state index is 0.405. The van der Waals surface area contributed by atoms with Crippen molar-refractivity contribution in [3.8, 4) is 0 Å². The van der Waals surface area contributed by atoms with Gasteiger partial charge in [0.15, 0.2) is 0 Å². The van der Waals surface area contributed by atoms with E-state index in [4.69, 9.17) is 5.73 Å². The molecule has 3 unspecified atom stereocenters. The fraction of sp³-hybridized carbons (Fsp3) is 0.714. The van der Waals surface area contributed by atoms with E-state index >= 15 is 0 Å². The molecule has 0 aliphatic carbocycles. The van der Waals surface area contributed by atoms with E-state index in [1.54, 1.807) is 0 Å². The van der Waals surface area contributed by atoms with Crippen LogP contribution in [0.2, 0.25) is 0 Å². The van der Waals surface area contributed by atoms with Crippen LogP contribution in [0, 0.1) is 12.8 Å². The zero-order valence-electron chi connectivity index (χ0n) is 11.1. The van der Waals surface area contributed by atoms with Crippen LogP contribution < -0.4 is 5.73 Å². The summed E-state index contributed by atoms with van der Waals surface area (Å²) in [5, 5.41) is 0. The van der Waals surface area contributed by atoms with Crippen molar-refractivity contribution in [1.82, 2.24) is 4.90 Å². The summed E-state index contributed by atoms with van der Waals surface area (Å²) in [6.07, 6.45) is 2.33. The number of hydrogen-bond donors (Lipinski definition) is 1. The van der Waals surface area contributed by atoms with Gasteiger partial charge >= 0.3 is 0 Å². The quantitative estimate of drug-likeness (QED) is 0.896. The number of likely N-dealkylation sites (tertiary alicyclic amines) is 1. The van der Waals surface area contributed by atoms with Gasteiger partial charge in [-0.15, -0.1) is 11.3 Å². The maximum absolute atomic E-state index is 6.07. The number of nitrogens with two attached hydrogens (primary N) is 1. The summed E-state index contributed by atoms with van der Waals surface area (Å²) in [4.78, 5) is 5.53. The molecule has 0 radical (unpaired) electrons. The third kappa shape index (κ3) is 3.30. The summed E-state index contributed by atoms with van der Waals surface area (Å²) in [5.41, 5.74) is 6.07. The number of aryl methyl sites for hydroxylation is 1. The molecule has 2 nitrogen and oxygen atoms in total. The first kappa shape index (κ1) is 13.1. The molecule has 0 spiro atoms. The molecule has 17 heavy (non-hydrogen) atoms. The average Bonchev–Trinajstić information content (AvgIpc) is 2.68. The molecule has 2 N–H and O–H groups in total. The third-order valence-corrected chi connectivity index (χ3v) is 4.94. The van der Waals surface area contributed by atoms with Crippen LogP contribution in [0.4, 0.5) is 0 Å². The zero-order valence-corrected chi connectivity index (χ0v) is 12.0. The second kappa shape index (κ2) is 5.51. The van der Waals surface area contributed by atoms with Gasteiger partial charge in [-0.05, 0) is 51.3 Å². The van der Waals surface area contributed by atoms with E-state index < -0.39 is 0 Å². The molecule has 96 valence electrons. The predicted molar refractivity (Wildman–Crippen MR) is 75.6 cm³/mol. The van der Waals surface area contributed by atoms with E-state index in [1.807, 2.05) is 11.3 Å². The van der Waals surface area contributed by atoms with Crippen LogP contribution in [0.5, 0.6) is 0 Å². The second-order valence-corrected chi connectivity index (χ2v) is 6.86. The van der Waals surface area contributed by atoms with Crippen LogP contribution in [-0.2, 0) is 6.42 Å². The van der Waals surface area contributed by atoms with Crippen molar-refractivity contribution >= 4 is 11.3 Å². The van der Waals surface area contributed by atoms with Crippen molar-refractivity contribution in [2.75, 3.05) is 13.1 Å². The maximum atomic E-state index is 6.07. The Hall–Kier alpha value is -0.380. The monoisotopic (exact) mass is 252 g/mol. The van der Waals surface area contributed by atoms with Crippen molar-refractivity contribution in [2.45, 2.75) is 45.7 Å². The maximum Gasteiger partial charge on any atom is 0.0115 e. The molecular formula is C14H24N2S. The normalized spacial score (nSPS) is 28.2. The smallest absolute Gasteiger partial charge is 0.0115 e. The molecule has 0 aromatic carbocycles. The highest BCUT2D eigenvalue weighted by atomic mass is 32.1. The van der Waals surface area contributed by atoms with Crippen LogP contribution in [-0.4, -0.2) is 30.1 Å². The lowest BCUT2D eigenvalue weighted by Crippen LogP contribution is -2.49. The summed E-state index contributed by atoms with van der Waals surface area (Å²) >= 11 is 1.93. The molecule has 2 rings (SSSR count). The van der Waals surface area contributed by atoms with Crippen LogP contribution in [0.25, 0.3) is 0 Å². The van der Waals surface area contributed by atoms with Gasteiger partial charge in [0.2, 0.25) is 0 Å². The first-order chi connectivity index (χ1) is 8.06. The van der Waals surface area contributed by atoms with Gasteiger partial charge in [-0.2, -0.15) is 0 Å². The topological polar surface area (TPSA) is 29.3 Å². The Kier molecular flexibility index (Phi) is 4.23. The van der Waals surface area contributed by atoms with Gasteiger partial charge in [-0.3, -0.25) is 4.90 Å². The zero-order chi connectivity index (χ0) is 12.4. The van der Waals surface area contributed by atoms with Gasteiger partial charge < -0.3 is 5.73 Å². The standard InChI is InChI=1S/C14H24N2S/c1-10-9-16(7-6-14(10)15)11(2)8-13-5-4-12(3)17-13/h4-5,10-11,14H,6-9,15H2,1-3H3. The minimum atomic E-state index is 0.405. The van der Waals surface area contributed by atoms with Crippen molar-refractivity contribution in [3.05, 3.63) is 21.9 Å². The molecule has 3 heteroatoms. The molecule has 1 fully saturated rings. The molecule has 0 amide bonds. The van der Waals surface area contributed by atoms with Crippen LogP contribution >= 0.6 is 11.3 Å². The van der Waals surface area contributed by atoms with Gasteiger partial charge in [-0.25, -0.2) is 0 Å². The van der Waals surface area contributed by atoms with Crippen molar-refractivity contribution < 1.29 is 0 Å². The van der Waals surface area contributed by atoms with E-state index in [2.05, 4.69) is 37.8 Å². The molecule has 0 saturated carbocycles. The predicted octanol–water partition coefficient (Wildman–Crippen LogP) is 2.66. The summed E-state index contributed by atoms with van der Waals surface area (Å²) in [5.74, 6) is 0.635. The van der Waals surface area contributed by atoms with E-state index in [-0.39, 0.29) is 0 Å². The van der Waals surface area contributed by atoms with E-state index in [0.29, 0.717) is 18.0 Å². The Morgan fingerprint density at radius 1 is 1.53 bits per heavy atom. The van der Waals surface area contributed by atoms with Gasteiger partial charge in [0, 0.05) is 28.4 Å². The van der Waals surface area contributed by atoms with Crippen molar-refractivity contribution in [1.29, 1.82) is 0 Å². The first-order valence-electron chi connectivity index (χ1n) is 6.61. The lowest BCUT2D eigenvalue weighted by atomic mass is 9.93. The second-order valence-electron chi connectivity index (χ2n) is 5.49. The Labute approximate surface area is 109 Å². The highest BCUT2D eigenvalue weighted by Crippen LogP contribution is 2.22. The van der Waals surface area contributed by atoms with Gasteiger partial charge in [0.1, 0.15) is 0 Å². The summed E-state index contributed by atoms with van der Waals surface area (Å²) < 4.78 is 0. The van der Waals surface area contributed by atoms with Crippen LogP contribution in [0.1, 0.15) is 30.0 Å². The molecule has 1 aliphatic heterocycles. The van der Waals surface area contributed by atoms with Crippen molar-refractivity contribution in [2.24, 2.45) is 11.7 Å². The number of nitrogens with zero attached hydrogens (tertiary/aromatic N) is 1. The highest BCUT2D eigenvalue weighted by molar-refractivity contribution is 7.11. The Morgan fingerprint density at radius 3 is 2.88 bits per heavy atom. The lowest BCUT2D eigenvalue weighted by Gasteiger charge is -2.38.